The molecule has 1 aromatic carbocycles. The molecule has 0 saturated carbocycles. The van der Waals surface area contributed by atoms with Gasteiger partial charge in [-0.2, -0.15) is 8.42 Å². The van der Waals surface area contributed by atoms with E-state index in [1.54, 1.807) is 0 Å². The second kappa shape index (κ2) is 3.83. The van der Waals surface area contributed by atoms with Gasteiger partial charge in [0.1, 0.15) is 0 Å². The number of alkyl halides is 3. The molecule has 0 aliphatic carbocycles. The predicted octanol–water partition coefficient (Wildman–Crippen LogP) is 1.41. The maximum Gasteiger partial charge on any atom is 0.573 e. The van der Waals surface area contributed by atoms with E-state index in [1.807, 2.05) is 0 Å². The minimum atomic E-state index is -4.92. The molecule has 0 bridgehead atoms. The van der Waals surface area contributed by atoms with Gasteiger partial charge in [-0.25, -0.2) is 0 Å². The molecule has 0 amide bonds. The van der Waals surface area contributed by atoms with Gasteiger partial charge in [0.25, 0.3) is 10.1 Å². The summed E-state index contributed by atoms with van der Waals surface area (Å²) in [5, 5.41) is 0. The first-order chi connectivity index (χ1) is 7.09. The summed E-state index contributed by atoms with van der Waals surface area (Å²) in [6, 6.07) is 2.11. The summed E-state index contributed by atoms with van der Waals surface area (Å²) < 4.78 is 68.8. The molecule has 1 aromatic rings. The Balaban J connectivity index is 3.11. The van der Waals surface area contributed by atoms with Crippen molar-refractivity contribution < 1.29 is 30.9 Å². The van der Waals surface area contributed by atoms with Crippen LogP contribution in [-0.4, -0.2) is 19.3 Å². The molecule has 90 valence electrons. The Hall–Kier alpha value is -1.48. The van der Waals surface area contributed by atoms with Gasteiger partial charge in [0.05, 0.1) is 10.6 Å². The van der Waals surface area contributed by atoms with Gasteiger partial charge in [-0.15, -0.1) is 13.2 Å². The number of anilines is 1. The fourth-order valence-corrected chi connectivity index (χ4v) is 1.42. The number of benzene rings is 1. The zero-order chi connectivity index (χ0) is 12.6. The van der Waals surface area contributed by atoms with Crippen molar-refractivity contribution in [1.82, 2.24) is 0 Å². The molecule has 0 saturated heterocycles. The normalized spacial score (nSPS) is 12.5. The molecule has 0 heterocycles. The molecule has 0 unspecified atom stereocenters. The largest absolute Gasteiger partial charge is 0.573 e. The van der Waals surface area contributed by atoms with Gasteiger partial charge in [0.15, 0.2) is 5.75 Å². The molecule has 9 heteroatoms. The first kappa shape index (κ1) is 12.6. The number of hydrogen-bond donors (Lipinski definition) is 2. The Labute approximate surface area is 88.4 Å². The average Bonchev–Trinajstić information content (AvgIpc) is 2.04. The number of ether oxygens (including phenoxy) is 1. The Bertz CT molecular complexity index is 497. The van der Waals surface area contributed by atoms with Crippen LogP contribution in [0.3, 0.4) is 0 Å². The van der Waals surface area contributed by atoms with Gasteiger partial charge < -0.3 is 10.5 Å². The van der Waals surface area contributed by atoms with Crippen molar-refractivity contribution >= 4 is 15.8 Å². The van der Waals surface area contributed by atoms with Crippen LogP contribution in [0, 0.1) is 0 Å². The van der Waals surface area contributed by atoms with E-state index >= 15 is 0 Å². The third-order valence-electron chi connectivity index (χ3n) is 1.50. The molecule has 0 aromatic heterocycles. The first-order valence-corrected chi connectivity index (χ1v) is 5.16. The molecule has 0 fully saturated rings. The van der Waals surface area contributed by atoms with Crippen LogP contribution >= 0.6 is 0 Å². The van der Waals surface area contributed by atoms with Gasteiger partial charge in [-0.3, -0.25) is 4.55 Å². The molecule has 0 atom stereocenters. The van der Waals surface area contributed by atoms with E-state index in [2.05, 4.69) is 4.74 Å². The van der Waals surface area contributed by atoms with E-state index in [0.717, 1.165) is 6.07 Å². The van der Waals surface area contributed by atoms with E-state index < -0.39 is 32.8 Å². The van der Waals surface area contributed by atoms with E-state index in [0.29, 0.717) is 12.1 Å². The Kier molecular flexibility index (Phi) is 3.01. The van der Waals surface area contributed by atoms with Crippen LogP contribution in [-0.2, 0) is 10.1 Å². The van der Waals surface area contributed by atoms with E-state index in [-0.39, 0.29) is 0 Å². The molecule has 0 aliphatic rings. The number of rotatable bonds is 2. The Morgan fingerprint density at radius 1 is 1.31 bits per heavy atom. The van der Waals surface area contributed by atoms with E-state index in [9.17, 15) is 21.6 Å². The highest BCUT2D eigenvalue weighted by Gasteiger charge is 2.32. The number of halogens is 3. The quantitative estimate of drug-likeness (QED) is 0.617. The van der Waals surface area contributed by atoms with Crippen molar-refractivity contribution in [1.29, 1.82) is 0 Å². The van der Waals surface area contributed by atoms with E-state index in [4.69, 9.17) is 10.3 Å². The molecular weight excluding hydrogens is 251 g/mol. The summed E-state index contributed by atoms with van der Waals surface area (Å²) in [4.78, 5) is -0.612. The van der Waals surface area contributed by atoms with Gasteiger partial charge in [-0.05, 0) is 18.2 Å². The topological polar surface area (TPSA) is 89.6 Å². The molecule has 0 spiro atoms. The third kappa shape index (κ3) is 3.28. The summed E-state index contributed by atoms with van der Waals surface area (Å²) in [7, 11) is -4.50. The van der Waals surface area contributed by atoms with Crippen molar-refractivity contribution in [3.05, 3.63) is 18.2 Å². The molecule has 0 aliphatic heterocycles. The molecule has 5 nitrogen and oxygen atoms in total. The number of nitrogen functional groups attached to an aromatic ring is 1. The van der Waals surface area contributed by atoms with Gasteiger partial charge in [0.2, 0.25) is 0 Å². The number of hydrogen-bond acceptors (Lipinski definition) is 4. The van der Waals surface area contributed by atoms with Crippen LogP contribution in [0.15, 0.2) is 23.1 Å². The first-order valence-electron chi connectivity index (χ1n) is 3.72. The van der Waals surface area contributed by atoms with Gasteiger partial charge in [0, 0.05) is 0 Å². The van der Waals surface area contributed by atoms with Crippen LogP contribution in [0.2, 0.25) is 0 Å². The lowest BCUT2D eigenvalue weighted by atomic mass is 10.3. The molecular formula is C7H6F3NO4S. The summed E-state index contributed by atoms with van der Waals surface area (Å²) in [5.41, 5.74) is 4.58. The molecule has 1 rings (SSSR count). The van der Waals surface area contributed by atoms with Crippen LogP contribution in [0.4, 0.5) is 18.9 Å². The van der Waals surface area contributed by atoms with Crippen LogP contribution < -0.4 is 10.5 Å². The summed E-state index contributed by atoms with van der Waals surface area (Å²) >= 11 is 0. The monoisotopic (exact) mass is 257 g/mol. The SMILES string of the molecule is Nc1cc(S(=O)(=O)O)ccc1OC(F)(F)F. The third-order valence-corrected chi connectivity index (χ3v) is 2.35. The van der Waals surface area contributed by atoms with Crippen molar-refractivity contribution in [3.8, 4) is 5.75 Å². The van der Waals surface area contributed by atoms with E-state index in [1.165, 1.54) is 0 Å². The summed E-state index contributed by atoms with van der Waals surface area (Å²) in [5.74, 6) is -0.736. The lowest BCUT2D eigenvalue weighted by molar-refractivity contribution is -0.274. The second-order valence-corrected chi connectivity index (χ2v) is 4.14. The van der Waals surface area contributed by atoms with Crippen molar-refractivity contribution in [2.45, 2.75) is 11.3 Å². The Morgan fingerprint density at radius 2 is 1.88 bits per heavy atom. The maximum atomic E-state index is 11.8. The van der Waals surface area contributed by atoms with Crippen molar-refractivity contribution in [2.75, 3.05) is 5.73 Å². The summed E-state index contributed by atoms with van der Waals surface area (Å²) in [6.07, 6.45) is -4.92. The van der Waals surface area contributed by atoms with Crippen LogP contribution in [0.1, 0.15) is 0 Å². The second-order valence-electron chi connectivity index (χ2n) is 2.72. The van der Waals surface area contributed by atoms with Gasteiger partial charge in [-0.1, -0.05) is 0 Å². The van der Waals surface area contributed by atoms with Crippen LogP contribution in [0.5, 0.6) is 5.75 Å². The standard InChI is InChI=1S/C7H6F3NO4S/c8-7(9,10)15-6-2-1-4(3-5(6)11)16(12,13)14/h1-3H,11H2,(H,12,13,14). The smallest absolute Gasteiger partial charge is 0.404 e. The maximum absolute atomic E-state index is 11.8. The highest BCUT2D eigenvalue weighted by atomic mass is 32.2. The highest BCUT2D eigenvalue weighted by Crippen LogP contribution is 2.29. The fourth-order valence-electron chi connectivity index (χ4n) is 0.905. The highest BCUT2D eigenvalue weighted by molar-refractivity contribution is 7.85. The molecule has 0 radical (unpaired) electrons. The van der Waals surface area contributed by atoms with Crippen LogP contribution in [0.25, 0.3) is 0 Å². The molecule has 3 N–H and O–H groups in total. The lowest BCUT2D eigenvalue weighted by Gasteiger charge is -2.11. The summed E-state index contributed by atoms with van der Waals surface area (Å²) in [6.45, 7) is 0. The average molecular weight is 257 g/mol. The van der Waals surface area contributed by atoms with Crippen molar-refractivity contribution in [2.24, 2.45) is 0 Å². The predicted molar refractivity (Wildman–Crippen MR) is 47.4 cm³/mol. The Morgan fingerprint density at radius 3 is 2.25 bits per heavy atom. The zero-order valence-corrected chi connectivity index (χ0v) is 8.34. The lowest BCUT2D eigenvalue weighted by Crippen LogP contribution is -2.18. The van der Waals surface area contributed by atoms with Crippen molar-refractivity contribution in [3.63, 3.8) is 0 Å². The zero-order valence-electron chi connectivity index (χ0n) is 7.52. The minimum absolute atomic E-state index is 0.549. The number of nitrogens with two attached hydrogens (primary N) is 1. The van der Waals surface area contributed by atoms with Gasteiger partial charge >= 0.3 is 6.36 Å². The fraction of sp³-hybridized carbons (Fsp3) is 0.143. The molecule has 16 heavy (non-hydrogen) atoms. The minimum Gasteiger partial charge on any atom is -0.404 e.